The van der Waals surface area contributed by atoms with E-state index in [1.807, 2.05) is 30.3 Å². The lowest BCUT2D eigenvalue weighted by Crippen LogP contribution is -2.34. The van der Waals surface area contributed by atoms with E-state index in [0.717, 1.165) is 18.4 Å². The van der Waals surface area contributed by atoms with E-state index in [0.29, 0.717) is 37.7 Å². The highest BCUT2D eigenvalue weighted by molar-refractivity contribution is 7.89. The minimum absolute atomic E-state index is 0.296. The monoisotopic (exact) mass is 282 g/mol. The van der Waals surface area contributed by atoms with Gasteiger partial charge in [0.2, 0.25) is 10.0 Å². The van der Waals surface area contributed by atoms with Crippen LogP contribution < -0.4 is 5.73 Å². The second kappa shape index (κ2) is 6.50. The normalized spacial score (nSPS) is 15.9. The first-order chi connectivity index (χ1) is 9.12. The Hall–Kier alpha value is -0.910. The van der Waals surface area contributed by atoms with Crippen LogP contribution in [0.15, 0.2) is 30.3 Å². The Bertz CT molecular complexity index is 483. The summed E-state index contributed by atoms with van der Waals surface area (Å²) in [6.45, 7) is 1.49. The number of nitrogens with two attached hydrogens (primary N) is 1. The van der Waals surface area contributed by atoms with Gasteiger partial charge in [0.1, 0.15) is 0 Å². The van der Waals surface area contributed by atoms with Crippen molar-refractivity contribution in [3.8, 4) is 0 Å². The summed E-state index contributed by atoms with van der Waals surface area (Å²) in [6, 6.07) is 9.73. The van der Waals surface area contributed by atoms with Gasteiger partial charge in [-0.1, -0.05) is 30.3 Å². The molecule has 0 radical (unpaired) electrons. The van der Waals surface area contributed by atoms with Crippen molar-refractivity contribution in [3.05, 3.63) is 35.9 Å². The van der Waals surface area contributed by atoms with Crippen LogP contribution in [0.2, 0.25) is 0 Å². The van der Waals surface area contributed by atoms with Gasteiger partial charge in [0, 0.05) is 13.1 Å². The molecule has 0 unspecified atom stereocenters. The molecule has 0 saturated heterocycles. The molecule has 0 aromatic heterocycles. The molecule has 0 atom stereocenters. The van der Waals surface area contributed by atoms with Crippen molar-refractivity contribution < 1.29 is 8.42 Å². The summed E-state index contributed by atoms with van der Waals surface area (Å²) in [5, 5.41) is 0. The predicted octanol–water partition coefficient (Wildman–Crippen LogP) is 1.58. The molecule has 0 heterocycles. The molecular formula is C14H22N2O2S. The van der Waals surface area contributed by atoms with Gasteiger partial charge in [0.25, 0.3) is 0 Å². The molecule has 1 saturated carbocycles. The molecule has 1 aliphatic rings. The number of hydrogen-bond acceptors (Lipinski definition) is 3. The van der Waals surface area contributed by atoms with Gasteiger partial charge in [-0.3, -0.25) is 0 Å². The van der Waals surface area contributed by atoms with Crippen molar-refractivity contribution in [2.24, 2.45) is 11.7 Å². The fourth-order valence-electron chi connectivity index (χ4n) is 2.06. The predicted molar refractivity (Wildman–Crippen MR) is 77.0 cm³/mol. The minimum atomic E-state index is -3.15. The van der Waals surface area contributed by atoms with Crippen molar-refractivity contribution in [3.63, 3.8) is 0 Å². The molecule has 2 N–H and O–H groups in total. The Morgan fingerprint density at radius 3 is 2.47 bits per heavy atom. The molecular weight excluding hydrogens is 260 g/mol. The fourth-order valence-corrected chi connectivity index (χ4v) is 3.95. The highest BCUT2D eigenvalue weighted by atomic mass is 32.2. The van der Waals surface area contributed by atoms with Crippen LogP contribution in [0.4, 0.5) is 0 Å². The van der Waals surface area contributed by atoms with Crippen molar-refractivity contribution >= 4 is 10.0 Å². The topological polar surface area (TPSA) is 63.4 Å². The number of hydrogen-bond donors (Lipinski definition) is 1. The summed E-state index contributed by atoms with van der Waals surface area (Å²) < 4.78 is 26.3. The molecule has 1 aromatic rings. The molecule has 0 amide bonds. The van der Waals surface area contributed by atoms with E-state index in [-0.39, 0.29) is 0 Å². The van der Waals surface area contributed by atoms with Crippen molar-refractivity contribution in [1.29, 1.82) is 0 Å². The Morgan fingerprint density at radius 1 is 1.21 bits per heavy atom. The van der Waals surface area contributed by atoms with Crippen LogP contribution in [0.25, 0.3) is 0 Å². The van der Waals surface area contributed by atoms with Crippen LogP contribution in [0.3, 0.4) is 0 Å². The fraction of sp³-hybridized carbons (Fsp3) is 0.571. The molecule has 19 heavy (non-hydrogen) atoms. The van der Waals surface area contributed by atoms with Crippen LogP contribution in [0.5, 0.6) is 0 Å². The number of rotatable bonds is 8. The summed E-state index contributed by atoms with van der Waals surface area (Å²) >= 11 is 0. The van der Waals surface area contributed by atoms with Gasteiger partial charge in [-0.25, -0.2) is 8.42 Å². The van der Waals surface area contributed by atoms with Crippen LogP contribution >= 0.6 is 0 Å². The van der Waals surface area contributed by atoms with Crippen LogP contribution in [-0.4, -0.2) is 31.6 Å². The van der Waals surface area contributed by atoms with E-state index in [1.54, 1.807) is 4.31 Å². The SMILES string of the molecule is NCCCN(Cc1ccccc1)S(=O)(=O)CC1CC1. The molecule has 1 aliphatic carbocycles. The van der Waals surface area contributed by atoms with E-state index in [4.69, 9.17) is 5.73 Å². The maximum Gasteiger partial charge on any atom is 0.214 e. The quantitative estimate of drug-likeness (QED) is 0.787. The zero-order valence-corrected chi connectivity index (χ0v) is 12.0. The standard InChI is InChI=1S/C14H22N2O2S/c15-9-4-10-16(11-13-5-2-1-3-6-13)19(17,18)12-14-7-8-14/h1-3,5-6,14H,4,7-12,15H2. The van der Waals surface area contributed by atoms with Crippen LogP contribution in [0, 0.1) is 5.92 Å². The molecule has 106 valence electrons. The molecule has 0 bridgehead atoms. The second-order valence-electron chi connectivity index (χ2n) is 5.18. The summed E-state index contributed by atoms with van der Waals surface area (Å²) in [5.74, 6) is 0.672. The summed E-state index contributed by atoms with van der Waals surface area (Å²) in [5.41, 5.74) is 6.53. The lowest BCUT2D eigenvalue weighted by molar-refractivity contribution is 0.400. The van der Waals surface area contributed by atoms with Gasteiger partial charge < -0.3 is 5.73 Å². The minimum Gasteiger partial charge on any atom is -0.330 e. The van der Waals surface area contributed by atoms with Gasteiger partial charge in [0.15, 0.2) is 0 Å². The zero-order chi connectivity index (χ0) is 13.7. The largest absolute Gasteiger partial charge is 0.330 e. The third kappa shape index (κ3) is 4.60. The van der Waals surface area contributed by atoms with Crippen LogP contribution in [0.1, 0.15) is 24.8 Å². The molecule has 1 aromatic carbocycles. The third-order valence-corrected chi connectivity index (χ3v) is 5.34. The molecule has 0 spiro atoms. The van der Waals surface area contributed by atoms with Gasteiger partial charge in [-0.05, 0) is 37.3 Å². The van der Waals surface area contributed by atoms with Gasteiger partial charge in [-0.15, -0.1) is 0 Å². The van der Waals surface area contributed by atoms with Crippen molar-refractivity contribution in [2.75, 3.05) is 18.8 Å². The average molecular weight is 282 g/mol. The lowest BCUT2D eigenvalue weighted by atomic mass is 10.2. The van der Waals surface area contributed by atoms with Crippen molar-refractivity contribution in [1.82, 2.24) is 4.31 Å². The smallest absolute Gasteiger partial charge is 0.214 e. The lowest BCUT2D eigenvalue weighted by Gasteiger charge is -2.22. The van der Waals surface area contributed by atoms with E-state index in [2.05, 4.69) is 0 Å². The van der Waals surface area contributed by atoms with Gasteiger partial charge in [0.05, 0.1) is 5.75 Å². The van der Waals surface area contributed by atoms with Crippen molar-refractivity contribution in [2.45, 2.75) is 25.8 Å². The Kier molecular flexibility index (Phi) is 4.96. The summed E-state index contributed by atoms with van der Waals surface area (Å²) in [7, 11) is -3.15. The maximum atomic E-state index is 12.4. The zero-order valence-electron chi connectivity index (χ0n) is 11.2. The molecule has 5 heteroatoms. The molecule has 2 rings (SSSR count). The van der Waals surface area contributed by atoms with E-state index >= 15 is 0 Å². The number of nitrogens with zero attached hydrogens (tertiary/aromatic N) is 1. The first-order valence-electron chi connectivity index (χ1n) is 6.83. The highest BCUT2D eigenvalue weighted by Crippen LogP contribution is 2.31. The van der Waals surface area contributed by atoms with Gasteiger partial charge in [-0.2, -0.15) is 4.31 Å². The Labute approximate surface area is 115 Å². The second-order valence-corrected chi connectivity index (χ2v) is 7.20. The van der Waals surface area contributed by atoms with E-state index in [9.17, 15) is 8.42 Å². The summed E-state index contributed by atoms with van der Waals surface area (Å²) in [6.07, 6.45) is 2.81. The number of sulfonamides is 1. The molecule has 0 aliphatic heterocycles. The summed E-state index contributed by atoms with van der Waals surface area (Å²) in [4.78, 5) is 0. The first-order valence-corrected chi connectivity index (χ1v) is 8.44. The first kappa shape index (κ1) is 14.5. The van der Waals surface area contributed by atoms with E-state index < -0.39 is 10.0 Å². The maximum absolute atomic E-state index is 12.4. The Balaban J connectivity index is 2.05. The highest BCUT2D eigenvalue weighted by Gasteiger charge is 2.31. The average Bonchev–Trinajstić information content (AvgIpc) is 3.18. The third-order valence-electron chi connectivity index (χ3n) is 3.35. The Morgan fingerprint density at radius 2 is 1.89 bits per heavy atom. The van der Waals surface area contributed by atoms with Gasteiger partial charge >= 0.3 is 0 Å². The number of benzene rings is 1. The van der Waals surface area contributed by atoms with E-state index in [1.165, 1.54) is 0 Å². The molecule has 4 nitrogen and oxygen atoms in total. The van der Waals surface area contributed by atoms with Crippen LogP contribution in [-0.2, 0) is 16.6 Å². The molecule has 1 fully saturated rings.